The molecular weight excluding hydrogens is 226 g/mol. The number of carbonyl (C=O) groups excluding carboxylic acids is 1. The topological polar surface area (TPSA) is 49.3 Å². The fraction of sp³-hybridized carbons (Fsp3) is 0.417. The van der Waals surface area contributed by atoms with Gasteiger partial charge in [-0.1, -0.05) is 29.8 Å². The van der Waals surface area contributed by atoms with E-state index in [4.69, 9.17) is 16.7 Å². The van der Waals surface area contributed by atoms with Gasteiger partial charge in [-0.2, -0.15) is 0 Å². The highest BCUT2D eigenvalue weighted by Crippen LogP contribution is 2.16. The number of hydrogen-bond donors (Lipinski definition) is 2. The van der Waals surface area contributed by atoms with E-state index in [1.165, 1.54) is 0 Å². The number of rotatable bonds is 5. The van der Waals surface area contributed by atoms with Gasteiger partial charge in [-0.3, -0.25) is 4.79 Å². The molecule has 0 heterocycles. The second kappa shape index (κ2) is 6.51. The zero-order chi connectivity index (χ0) is 12.0. The summed E-state index contributed by atoms with van der Waals surface area (Å²) in [5, 5.41) is 12.2. The van der Waals surface area contributed by atoms with E-state index in [1.54, 1.807) is 6.92 Å². The number of aliphatic hydroxyl groups excluding tert-OH is 1. The predicted molar refractivity (Wildman–Crippen MR) is 64.5 cm³/mol. The van der Waals surface area contributed by atoms with Crippen molar-refractivity contribution in [1.82, 2.24) is 5.32 Å². The Bertz CT molecular complexity index is 355. The van der Waals surface area contributed by atoms with Crippen molar-refractivity contribution in [1.29, 1.82) is 0 Å². The zero-order valence-corrected chi connectivity index (χ0v) is 10.00. The maximum absolute atomic E-state index is 11.4. The van der Waals surface area contributed by atoms with Crippen LogP contribution in [-0.2, 0) is 11.2 Å². The first-order valence-corrected chi connectivity index (χ1v) is 5.65. The van der Waals surface area contributed by atoms with Crippen LogP contribution in [0.1, 0.15) is 18.9 Å². The lowest BCUT2D eigenvalue weighted by Gasteiger charge is -2.10. The number of halogens is 1. The van der Waals surface area contributed by atoms with Crippen molar-refractivity contribution in [2.45, 2.75) is 25.8 Å². The Morgan fingerprint density at radius 2 is 2.19 bits per heavy atom. The molecule has 1 aromatic carbocycles. The van der Waals surface area contributed by atoms with Gasteiger partial charge in [-0.25, -0.2) is 0 Å². The highest BCUT2D eigenvalue weighted by molar-refractivity contribution is 6.31. The molecule has 1 atom stereocenters. The highest BCUT2D eigenvalue weighted by Gasteiger charge is 2.07. The molecule has 1 rings (SSSR count). The lowest BCUT2D eigenvalue weighted by atomic mass is 10.1. The van der Waals surface area contributed by atoms with Crippen molar-refractivity contribution < 1.29 is 9.90 Å². The number of nitrogens with one attached hydrogen (secondary N) is 1. The number of benzene rings is 1. The lowest BCUT2D eigenvalue weighted by molar-refractivity contribution is -0.121. The summed E-state index contributed by atoms with van der Waals surface area (Å²) in [6.45, 7) is 1.71. The molecule has 0 bridgehead atoms. The second-order valence-corrected chi connectivity index (χ2v) is 4.15. The molecule has 16 heavy (non-hydrogen) atoms. The van der Waals surface area contributed by atoms with Crippen molar-refractivity contribution in [2.75, 3.05) is 6.61 Å². The summed E-state index contributed by atoms with van der Waals surface area (Å²) < 4.78 is 0. The molecule has 0 saturated heterocycles. The van der Waals surface area contributed by atoms with Crippen molar-refractivity contribution in [2.24, 2.45) is 0 Å². The van der Waals surface area contributed by atoms with Crippen LogP contribution in [-0.4, -0.2) is 23.7 Å². The largest absolute Gasteiger partial charge is 0.394 e. The quantitative estimate of drug-likeness (QED) is 0.826. The Hall–Kier alpha value is -1.06. The minimum atomic E-state index is -0.196. The maximum Gasteiger partial charge on any atom is 0.220 e. The van der Waals surface area contributed by atoms with Crippen LogP contribution in [0.3, 0.4) is 0 Å². The molecule has 0 saturated carbocycles. The van der Waals surface area contributed by atoms with Gasteiger partial charge in [-0.05, 0) is 25.0 Å². The van der Waals surface area contributed by atoms with Crippen LogP contribution in [0.4, 0.5) is 0 Å². The van der Waals surface area contributed by atoms with E-state index in [-0.39, 0.29) is 18.6 Å². The number of hydrogen-bond acceptors (Lipinski definition) is 2. The summed E-state index contributed by atoms with van der Waals surface area (Å²) in [5.41, 5.74) is 0.968. The van der Waals surface area contributed by atoms with Gasteiger partial charge in [0.2, 0.25) is 5.91 Å². The van der Waals surface area contributed by atoms with E-state index in [9.17, 15) is 4.79 Å². The number of carbonyl (C=O) groups is 1. The molecule has 0 aliphatic carbocycles. The van der Waals surface area contributed by atoms with Gasteiger partial charge in [0, 0.05) is 17.5 Å². The zero-order valence-electron chi connectivity index (χ0n) is 9.24. The first kappa shape index (κ1) is 13.0. The van der Waals surface area contributed by atoms with Crippen LogP contribution >= 0.6 is 11.6 Å². The standard InChI is InChI=1S/C12H16ClNO2/c1-9(8-15)14-12(16)7-6-10-4-2-3-5-11(10)13/h2-5,9,15H,6-8H2,1H3,(H,14,16). The summed E-state index contributed by atoms with van der Waals surface area (Å²) in [7, 11) is 0. The van der Waals surface area contributed by atoms with E-state index >= 15 is 0 Å². The third-order valence-electron chi connectivity index (χ3n) is 2.26. The minimum Gasteiger partial charge on any atom is -0.394 e. The van der Waals surface area contributed by atoms with Gasteiger partial charge in [0.15, 0.2) is 0 Å². The molecule has 0 fully saturated rings. The molecule has 0 spiro atoms. The smallest absolute Gasteiger partial charge is 0.220 e. The molecule has 3 nitrogen and oxygen atoms in total. The molecule has 88 valence electrons. The normalized spacial score (nSPS) is 12.2. The molecule has 1 amide bonds. The van der Waals surface area contributed by atoms with Crippen molar-refractivity contribution in [3.63, 3.8) is 0 Å². The average molecular weight is 242 g/mol. The third-order valence-corrected chi connectivity index (χ3v) is 2.63. The van der Waals surface area contributed by atoms with Crippen molar-refractivity contribution >= 4 is 17.5 Å². The molecule has 0 radical (unpaired) electrons. The van der Waals surface area contributed by atoms with Crippen LogP contribution in [0.2, 0.25) is 5.02 Å². The monoisotopic (exact) mass is 241 g/mol. The fourth-order valence-electron chi connectivity index (χ4n) is 1.34. The molecule has 2 N–H and O–H groups in total. The number of aryl methyl sites for hydroxylation is 1. The van der Waals surface area contributed by atoms with Crippen LogP contribution in [0.25, 0.3) is 0 Å². The Kier molecular flexibility index (Phi) is 5.29. The lowest BCUT2D eigenvalue weighted by Crippen LogP contribution is -2.35. The summed E-state index contributed by atoms with van der Waals surface area (Å²) in [6, 6.07) is 7.28. The molecule has 1 aromatic rings. The van der Waals surface area contributed by atoms with Crippen molar-refractivity contribution in [3.8, 4) is 0 Å². The van der Waals surface area contributed by atoms with E-state index in [1.807, 2.05) is 24.3 Å². The van der Waals surface area contributed by atoms with Crippen LogP contribution < -0.4 is 5.32 Å². The van der Waals surface area contributed by atoms with Gasteiger partial charge in [0.1, 0.15) is 0 Å². The summed E-state index contributed by atoms with van der Waals surface area (Å²) >= 11 is 5.97. The van der Waals surface area contributed by atoms with Gasteiger partial charge in [-0.15, -0.1) is 0 Å². The van der Waals surface area contributed by atoms with Gasteiger partial charge in [0.05, 0.1) is 6.61 Å². The molecular formula is C12H16ClNO2. The Labute approximate surface area is 100 Å². The van der Waals surface area contributed by atoms with E-state index in [2.05, 4.69) is 5.32 Å². The van der Waals surface area contributed by atoms with E-state index in [0.29, 0.717) is 17.9 Å². The van der Waals surface area contributed by atoms with Crippen LogP contribution in [0.15, 0.2) is 24.3 Å². The molecule has 1 unspecified atom stereocenters. The predicted octanol–water partition coefficient (Wildman–Crippen LogP) is 1.77. The molecule has 0 aliphatic rings. The van der Waals surface area contributed by atoms with Gasteiger partial charge in [0.25, 0.3) is 0 Å². The van der Waals surface area contributed by atoms with Crippen LogP contribution in [0, 0.1) is 0 Å². The molecule has 0 aliphatic heterocycles. The maximum atomic E-state index is 11.4. The fourth-order valence-corrected chi connectivity index (χ4v) is 1.57. The van der Waals surface area contributed by atoms with Gasteiger partial charge >= 0.3 is 0 Å². The summed E-state index contributed by atoms with van der Waals surface area (Å²) in [4.78, 5) is 11.4. The molecule has 0 aromatic heterocycles. The first-order valence-electron chi connectivity index (χ1n) is 5.27. The summed E-state index contributed by atoms with van der Waals surface area (Å²) in [5.74, 6) is -0.0681. The second-order valence-electron chi connectivity index (χ2n) is 3.74. The van der Waals surface area contributed by atoms with E-state index in [0.717, 1.165) is 5.56 Å². The summed E-state index contributed by atoms with van der Waals surface area (Å²) in [6.07, 6.45) is 0.998. The Morgan fingerprint density at radius 3 is 2.81 bits per heavy atom. The highest BCUT2D eigenvalue weighted by atomic mass is 35.5. The Balaban J connectivity index is 2.40. The van der Waals surface area contributed by atoms with Crippen LogP contribution in [0.5, 0.6) is 0 Å². The average Bonchev–Trinajstić information content (AvgIpc) is 2.28. The van der Waals surface area contributed by atoms with Crippen molar-refractivity contribution in [3.05, 3.63) is 34.9 Å². The Morgan fingerprint density at radius 1 is 1.50 bits per heavy atom. The first-order chi connectivity index (χ1) is 7.63. The number of amides is 1. The SMILES string of the molecule is CC(CO)NC(=O)CCc1ccccc1Cl. The molecule has 4 heteroatoms. The third kappa shape index (κ3) is 4.21. The van der Waals surface area contributed by atoms with E-state index < -0.39 is 0 Å². The van der Waals surface area contributed by atoms with Gasteiger partial charge < -0.3 is 10.4 Å². The minimum absolute atomic E-state index is 0.0438. The number of aliphatic hydroxyl groups is 1.